The van der Waals surface area contributed by atoms with Crippen LogP contribution >= 0.6 is 0 Å². The SMILES string of the molecule is O=C(NCCc1ccccc1)c1ccnc(/C=N\O)c1. The van der Waals surface area contributed by atoms with Crippen molar-refractivity contribution in [3.63, 3.8) is 0 Å². The molecule has 0 fully saturated rings. The van der Waals surface area contributed by atoms with Gasteiger partial charge in [0.2, 0.25) is 0 Å². The molecule has 0 unspecified atom stereocenters. The van der Waals surface area contributed by atoms with E-state index in [4.69, 9.17) is 5.21 Å². The lowest BCUT2D eigenvalue weighted by molar-refractivity contribution is 0.0954. The number of nitrogens with one attached hydrogen (secondary N) is 1. The average Bonchev–Trinajstić information content (AvgIpc) is 2.49. The van der Waals surface area contributed by atoms with E-state index in [0.717, 1.165) is 6.42 Å². The van der Waals surface area contributed by atoms with E-state index >= 15 is 0 Å². The fourth-order valence-corrected chi connectivity index (χ4v) is 1.79. The molecule has 2 rings (SSSR count). The summed E-state index contributed by atoms with van der Waals surface area (Å²) in [6.45, 7) is 0.564. The number of rotatable bonds is 5. The van der Waals surface area contributed by atoms with Crippen LogP contribution in [0.15, 0.2) is 53.8 Å². The molecule has 0 radical (unpaired) electrons. The van der Waals surface area contributed by atoms with Gasteiger partial charge in [0.15, 0.2) is 0 Å². The number of aromatic nitrogens is 1. The Hall–Kier alpha value is -2.69. The number of nitrogens with zero attached hydrogens (tertiary/aromatic N) is 2. The fraction of sp³-hybridized carbons (Fsp3) is 0.133. The van der Waals surface area contributed by atoms with Crippen molar-refractivity contribution in [2.24, 2.45) is 5.16 Å². The van der Waals surface area contributed by atoms with Gasteiger partial charge in [-0.15, -0.1) is 0 Å². The molecule has 0 saturated carbocycles. The van der Waals surface area contributed by atoms with E-state index in [0.29, 0.717) is 17.8 Å². The minimum Gasteiger partial charge on any atom is -0.411 e. The Bertz CT molecular complexity index is 597. The number of carbonyl (C=O) groups is 1. The van der Waals surface area contributed by atoms with Gasteiger partial charge >= 0.3 is 0 Å². The van der Waals surface area contributed by atoms with Gasteiger partial charge in [0.05, 0.1) is 11.9 Å². The van der Waals surface area contributed by atoms with Crippen molar-refractivity contribution in [2.75, 3.05) is 6.54 Å². The minimum atomic E-state index is -0.170. The molecule has 1 amide bonds. The van der Waals surface area contributed by atoms with Crippen molar-refractivity contribution < 1.29 is 10.0 Å². The first-order valence-corrected chi connectivity index (χ1v) is 6.25. The highest BCUT2D eigenvalue weighted by Gasteiger charge is 2.05. The van der Waals surface area contributed by atoms with Crippen LogP contribution in [0.25, 0.3) is 0 Å². The maximum atomic E-state index is 11.9. The van der Waals surface area contributed by atoms with Crippen molar-refractivity contribution in [2.45, 2.75) is 6.42 Å². The van der Waals surface area contributed by atoms with E-state index in [1.165, 1.54) is 18.0 Å². The van der Waals surface area contributed by atoms with Crippen LogP contribution in [0.1, 0.15) is 21.6 Å². The monoisotopic (exact) mass is 269 g/mol. The molecule has 0 atom stereocenters. The average molecular weight is 269 g/mol. The molecule has 102 valence electrons. The molecule has 20 heavy (non-hydrogen) atoms. The summed E-state index contributed by atoms with van der Waals surface area (Å²) in [4.78, 5) is 15.9. The van der Waals surface area contributed by atoms with E-state index < -0.39 is 0 Å². The summed E-state index contributed by atoms with van der Waals surface area (Å²) < 4.78 is 0. The molecule has 0 spiro atoms. The molecule has 2 aromatic rings. The summed E-state index contributed by atoms with van der Waals surface area (Å²) in [6.07, 6.45) is 3.46. The molecule has 0 bridgehead atoms. The lowest BCUT2D eigenvalue weighted by Gasteiger charge is -2.05. The molecule has 0 saturated heterocycles. The van der Waals surface area contributed by atoms with Crippen molar-refractivity contribution in [1.82, 2.24) is 10.3 Å². The van der Waals surface area contributed by atoms with Gasteiger partial charge < -0.3 is 10.5 Å². The zero-order valence-corrected chi connectivity index (χ0v) is 10.9. The van der Waals surface area contributed by atoms with E-state index in [1.807, 2.05) is 30.3 Å². The second kappa shape index (κ2) is 7.04. The minimum absolute atomic E-state index is 0.170. The summed E-state index contributed by atoms with van der Waals surface area (Å²) >= 11 is 0. The third-order valence-electron chi connectivity index (χ3n) is 2.78. The second-order valence-electron chi connectivity index (χ2n) is 4.21. The number of oxime groups is 1. The highest BCUT2D eigenvalue weighted by Crippen LogP contribution is 2.01. The van der Waals surface area contributed by atoms with Gasteiger partial charge in [-0.1, -0.05) is 35.5 Å². The molecule has 1 heterocycles. The number of hydrogen-bond donors (Lipinski definition) is 2. The van der Waals surface area contributed by atoms with Crippen LogP contribution in [-0.4, -0.2) is 28.9 Å². The Balaban J connectivity index is 1.90. The number of amides is 1. The molecule has 0 aliphatic carbocycles. The first kappa shape index (κ1) is 13.7. The van der Waals surface area contributed by atoms with Crippen LogP contribution < -0.4 is 5.32 Å². The summed E-state index contributed by atoms with van der Waals surface area (Å²) in [5.74, 6) is -0.170. The largest absolute Gasteiger partial charge is 0.411 e. The second-order valence-corrected chi connectivity index (χ2v) is 4.21. The van der Waals surface area contributed by atoms with Gasteiger partial charge in [-0.3, -0.25) is 9.78 Å². The third kappa shape index (κ3) is 3.91. The molecular weight excluding hydrogens is 254 g/mol. The van der Waals surface area contributed by atoms with Gasteiger partial charge in [-0.05, 0) is 24.1 Å². The summed E-state index contributed by atoms with van der Waals surface area (Å²) in [5.41, 5.74) is 2.10. The highest BCUT2D eigenvalue weighted by molar-refractivity contribution is 5.95. The molecule has 0 aliphatic heterocycles. The Kier molecular flexibility index (Phi) is 4.83. The number of pyridine rings is 1. The summed E-state index contributed by atoms with van der Waals surface area (Å²) in [7, 11) is 0. The molecule has 5 heteroatoms. The number of benzene rings is 1. The zero-order chi connectivity index (χ0) is 14.2. The first-order chi connectivity index (χ1) is 9.79. The highest BCUT2D eigenvalue weighted by atomic mass is 16.4. The van der Waals surface area contributed by atoms with Crippen LogP contribution in [0.3, 0.4) is 0 Å². The predicted octanol–water partition coefficient (Wildman–Crippen LogP) is 1.86. The van der Waals surface area contributed by atoms with Crippen LogP contribution in [0.4, 0.5) is 0 Å². The lowest BCUT2D eigenvalue weighted by atomic mass is 10.1. The Morgan fingerprint density at radius 2 is 2.10 bits per heavy atom. The fourth-order valence-electron chi connectivity index (χ4n) is 1.79. The Labute approximate surface area is 117 Å². The van der Waals surface area contributed by atoms with Gasteiger partial charge in [-0.2, -0.15) is 0 Å². The quantitative estimate of drug-likeness (QED) is 0.494. The summed E-state index contributed by atoms with van der Waals surface area (Å²) in [5, 5.41) is 14.2. The van der Waals surface area contributed by atoms with E-state index in [9.17, 15) is 4.79 Å². The van der Waals surface area contributed by atoms with Crippen LogP contribution in [0.2, 0.25) is 0 Å². The van der Waals surface area contributed by atoms with Crippen molar-refractivity contribution >= 4 is 12.1 Å². The van der Waals surface area contributed by atoms with E-state index in [1.54, 1.807) is 12.1 Å². The van der Waals surface area contributed by atoms with Crippen LogP contribution in [0.5, 0.6) is 0 Å². The van der Waals surface area contributed by atoms with E-state index in [-0.39, 0.29) is 5.91 Å². The Morgan fingerprint density at radius 3 is 2.85 bits per heavy atom. The lowest BCUT2D eigenvalue weighted by Crippen LogP contribution is -2.25. The van der Waals surface area contributed by atoms with Crippen molar-refractivity contribution in [3.8, 4) is 0 Å². The van der Waals surface area contributed by atoms with Crippen LogP contribution in [0, 0.1) is 0 Å². The van der Waals surface area contributed by atoms with Gasteiger partial charge in [0, 0.05) is 18.3 Å². The topological polar surface area (TPSA) is 74.6 Å². The number of hydrogen-bond acceptors (Lipinski definition) is 4. The van der Waals surface area contributed by atoms with Gasteiger partial charge in [-0.25, -0.2) is 0 Å². The Morgan fingerprint density at radius 1 is 1.30 bits per heavy atom. The maximum Gasteiger partial charge on any atom is 0.251 e. The molecule has 0 aliphatic rings. The molecule has 2 N–H and O–H groups in total. The molecular formula is C15H15N3O2. The van der Waals surface area contributed by atoms with Crippen LogP contribution in [-0.2, 0) is 6.42 Å². The maximum absolute atomic E-state index is 11.9. The molecule has 1 aromatic carbocycles. The van der Waals surface area contributed by atoms with Crippen molar-refractivity contribution in [3.05, 3.63) is 65.5 Å². The molecule has 5 nitrogen and oxygen atoms in total. The predicted molar refractivity (Wildman–Crippen MR) is 76.1 cm³/mol. The van der Waals surface area contributed by atoms with Crippen molar-refractivity contribution in [1.29, 1.82) is 0 Å². The zero-order valence-electron chi connectivity index (χ0n) is 10.9. The standard InChI is InChI=1S/C15H15N3O2/c19-15(13-7-9-16-14(10-13)11-18-20)17-8-6-12-4-2-1-3-5-12/h1-5,7,9-11,20H,6,8H2,(H,17,19)/b18-11-. The van der Waals surface area contributed by atoms with Gasteiger partial charge in [0.25, 0.3) is 5.91 Å². The number of carbonyl (C=O) groups excluding carboxylic acids is 1. The van der Waals surface area contributed by atoms with Gasteiger partial charge in [0.1, 0.15) is 0 Å². The van der Waals surface area contributed by atoms with E-state index in [2.05, 4.69) is 15.5 Å². The smallest absolute Gasteiger partial charge is 0.251 e. The summed E-state index contributed by atoms with van der Waals surface area (Å²) in [6, 6.07) is 13.1. The first-order valence-electron chi connectivity index (χ1n) is 6.25. The third-order valence-corrected chi connectivity index (χ3v) is 2.78. The normalized spacial score (nSPS) is 10.6. The molecule has 1 aromatic heterocycles.